The van der Waals surface area contributed by atoms with Gasteiger partial charge < -0.3 is 10.4 Å². The lowest BCUT2D eigenvalue weighted by atomic mass is 9.88. The number of aliphatic hydroxyl groups is 1. The van der Waals surface area contributed by atoms with E-state index in [1.54, 1.807) is 12.1 Å². The topological polar surface area (TPSA) is 86.7 Å². The van der Waals surface area contributed by atoms with Crippen LogP contribution in [-0.2, 0) is 15.6 Å². The Morgan fingerprint density at radius 2 is 1.71 bits per heavy atom. The second-order valence-corrected chi connectivity index (χ2v) is 11.6. The molecule has 31 heavy (non-hydrogen) atoms. The third-order valence-corrected chi connectivity index (χ3v) is 9.33. The molecule has 5 rings (SSSR count). The number of benzene rings is 2. The van der Waals surface area contributed by atoms with E-state index in [0.717, 1.165) is 18.4 Å². The van der Waals surface area contributed by atoms with Crippen molar-refractivity contribution < 1.29 is 18.3 Å². The van der Waals surface area contributed by atoms with Crippen molar-refractivity contribution in [3.63, 3.8) is 0 Å². The van der Waals surface area contributed by atoms with Gasteiger partial charge in [0.15, 0.2) is 0 Å². The van der Waals surface area contributed by atoms with Gasteiger partial charge >= 0.3 is 0 Å². The minimum absolute atomic E-state index is 0.170. The lowest BCUT2D eigenvalue weighted by Gasteiger charge is -2.28. The number of aliphatic hydroxyl groups excluding tert-OH is 1. The summed E-state index contributed by atoms with van der Waals surface area (Å²) in [5.74, 6) is 0.615. The molecule has 7 heteroatoms. The molecule has 2 aromatic carbocycles. The predicted octanol–water partition coefficient (Wildman–Crippen LogP) is 2.74. The summed E-state index contributed by atoms with van der Waals surface area (Å²) in [4.78, 5) is 13.0. The van der Waals surface area contributed by atoms with E-state index in [2.05, 4.69) is 5.32 Å². The van der Waals surface area contributed by atoms with Crippen LogP contribution in [-0.4, -0.2) is 42.4 Å². The third-order valence-electron chi connectivity index (χ3n) is 7.45. The summed E-state index contributed by atoms with van der Waals surface area (Å²) >= 11 is 0. The van der Waals surface area contributed by atoms with Crippen molar-refractivity contribution in [2.75, 3.05) is 6.54 Å². The van der Waals surface area contributed by atoms with E-state index < -0.39 is 21.7 Å². The van der Waals surface area contributed by atoms with Gasteiger partial charge in [0.1, 0.15) is 0 Å². The molecule has 0 radical (unpaired) electrons. The summed E-state index contributed by atoms with van der Waals surface area (Å²) in [6, 6.07) is 15.5. The molecule has 2 saturated carbocycles. The summed E-state index contributed by atoms with van der Waals surface area (Å²) < 4.78 is 28.1. The van der Waals surface area contributed by atoms with Crippen LogP contribution < -0.4 is 5.32 Å². The van der Waals surface area contributed by atoms with Crippen LogP contribution in [0.1, 0.15) is 42.6 Å². The molecule has 2 aliphatic carbocycles. The molecular formula is C24H28N2O4S. The largest absolute Gasteiger partial charge is 0.391 e. The van der Waals surface area contributed by atoms with Crippen LogP contribution in [0.25, 0.3) is 0 Å². The Hall–Kier alpha value is -2.22. The van der Waals surface area contributed by atoms with Gasteiger partial charge in [0.25, 0.3) is 5.91 Å². The molecule has 3 fully saturated rings. The molecular weight excluding hydrogens is 412 g/mol. The number of sulfonamides is 1. The standard InChI is InChI=1S/C24H28N2O4S/c1-24(2,18-6-4-3-5-7-18)25-23(28)15-8-10-19(11-9-15)31(29,30)26-14-17-12-16-13-20(17)21(26)22(16)27/h3-11,16-17,20-22,27H,12-14H2,1-2H3,(H,25,28)/t16-,17-,20+,21-,22+/m0/s1. The quantitative estimate of drug-likeness (QED) is 0.749. The molecule has 5 atom stereocenters. The van der Waals surface area contributed by atoms with Crippen LogP contribution >= 0.6 is 0 Å². The zero-order chi connectivity index (χ0) is 22.0. The Morgan fingerprint density at radius 1 is 1.03 bits per heavy atom. The van der Waals surface area contributed by atoms with Crippen molar-refractivity contribution in [1.82, 2.24) is 9.62 Å². The lowest BCUT2D eigenvalue weighted by Crippen LogP contribution is -2.43. The Labute approximate surface area is 183 Å². The Kier molecular flexibility index (Phi) is 4.77. The van der Waals surface area contributed by atoms with Gasteiger partial charge in [-0.2, -0.15) is 4.31 Å². The van der Waals surface area contributed by atoms with E-state index in [-0.39, 0.29) is 28.7 Å². The van der Waals surface area contributed by atoms with Crippen molar-refractivity contribution in [1.29, 1.82) is 0 Å². The predicted molar refractivity (Wildman–Crippen MR) is 117 cm³/mol. The summed E-state index contributed by atoms with van der Waals surface area (Å²) in [5.41, 5.74) is 0.831. The zero-order valence-corrected chi connectivity index (χ0v) is 18.5. The monoisotopic (exact) mass is 440 g/mol. The first kappa shape index (κ1) is 20.7. The number of fused-ring (bicyclic) bond motifs is 1. The van der Waals surface area contributed by atoms with E-state index in [4.69, 9.17) is 0 Å². The first-order chi connectivity index (χ1) is 14.7. The van der Waals surface area contributed by atoms with Gasteiger partial charge in [-0.15, -0.1) is 0 Å². The van der Waals surface area contributed by atoms with Crippen molar-refractivity contribution in [2.24, 2.45) is 17.8 Å². The van der Waals surface area contributed by atoms with Gasteiger partial charge in [0.2, 0.25) is 10.0 Å². The van der Waals surface area contributed by atoms with Crippen LogP contribution in [0.4, 0.5) is 0 Å². The minimum Gasteiger partial charge on any atom is -0.391 e. The van der Waals surface area contributed by atoms with Gasteiger partial charge in [-0.05, 0) is 74.3 Å². The average molecular weight is 441 g/mol. The molecule has 0 spiro atoms. The highest BCUT2D eigenvalue weighted by Gasteiger charge is 2.61. The summed E-state index contributed by atoms with van der Waals surface area (Å²) in [5, 5.41) is 13.6. The fourth-order valence-corrected chi connectivity index (χ4v) is 7.57. The van der Waals surface area contributed by atoms with Gasteiger partial charge in [0, 0.05) is 12.1 Å². The van der Waals surface area contributed by atoms with Crippen molar-refractivity contribution in [3.05, 3.63) is 65.7 Å². The molecule has 1 aliphatic heterocycles. The minimum atomic E-state index is -3.71. The number of carbonyl (C=O) groups is 1. The zero-order valence-electron chi connectivity index (χ0n) is 17.7. The molecule has 3 aliphatic rings. The Morgan fingerprint density at radius 3 is 2.35 bits per heavy atom. The first-order valence-electron chi connectivity index (χ1n) is 10.9. The maximum absolute atomic E-state index is 13.3. The van der Waals surface area contributed by atoms with Crippen LogP contribution in [0.5, 0.6) is 0 Å². The maximum Gasteiger partial charge on any atom is 0.251 e. The second kappa shape index (κ2) is 7.15. The molecule has 1 saturated heterocycles. The fraction of sp³-hybridized carbons (Fsp3) is 0.458. The molecule has 0 unspecified atom stereocenters. The summed E-state index contributed by atoms with van der Waals surface area (Å²) in [6.45, 7) is 4.35. The van der Waals surface area contributed by atoms with Gasteiger partial charge in [-0.1, -0.05) is 30.3 Å². The highest BCUT2D eigenvalue weighted by Crippen LogP contribution is 2.56. The van der Waals surface area contributed by atoms with Gasteiger partial charge in [-0.25, -0.2) is 8.42 Å². The number of nitrogens with one attached hydrogen (secondary N) is 1. The van der Waals surface area contributed by atoms with Gasteiger partial charge in [-0.3, -0.25) is 4.79 Å². The van der Waals surface area contributed by atoms with E-state index in [1.165, 1.54) is 16.4 Å². The molecule has 1 heterocycles. The molecule has 1 amide bonds. The Bertz CT molecular complexity index is 1100. The van der Waals surface area contributed by atoms with E-state index in [9.17, 15) is 18.3 Å². The normalized spacial score (nSPS) is 30.0. The van der Waals surface area contributed by atoms with Gasteiger partial charge in [0.05, 0.1) is 22.6 Å². The molecule has 164 valence electrons. The summed E-state index contributed by atoms with van der Waals surface area (Å²) in [6.07, 6.45) is 1.28. The number of rotatable bonds is 5. The van der Waals surface area contributed by atoms with Crippen LogP contribution in [0.3, 0.4) is 0 Å². The third kappa shape index (κ3) is 3.30. The Balaban J connectivity index is 1.34. The molecule has 2 N–H and O–H groups in total. The highest BCUT2D eigenvalue weighted by molar-refractivity contribution is 7.89. The molecule has 6 nitrogen and oxygen atoms in total. The van der Waals surface area contributed by atoms with E-state index in [0.29, 0.717) is 18.0 Å². The van der Waals surface area contributed by atoms with Crippen LogP contribution in [0, 0.1) is 17.8 Å². The molecule has 0 aromatic heterocycles. The first-order valence-corrected chi connectivity index (χ1v) is 12.3. The number of hydrogen-bond donors (Lipinski definition) is 2. The number of hydrogen-bond acceptors (Lipinski definition) is 4. The highest BCUT2D eigenvalue weighted by atomic mass is 32.2. The number of nitrogens with zero attached hydrogens (tertiary/aromatic N) is 1. The second-order valence-electron chi connectivity index (χ2n) is 9.68. The van der Waals surface area contributed by atoms with Crippen molar-refractivity contribution in [2.45, 2.75) is 49.3 Å². The maximum atomic E-state index is 13.3. The lowest BCUT2D eigenvalue weighted by molar-refractivity contribution is 0.0731. The van der Waals surface area contributed by atoms with Crippen molar-refractivity contribution in [3.8, 4) is 0 Å². The molecule has 2 bridgehead atoms. The van der Waals surface area contributed by atoms with Crippen LogP contribution in [0.2, 0.25) is 0 Å². The van der Waals surface area contributed by atoms with Crippen LogP contribution in [0.15, 0.2) is 59.5 Å². The number of amides is 1. The SMILES string of the molecule is CC(C)(NC(=O)c1ccc(S(=O)(=O)N2C[C@@H]3C[C@H]4C[C@H]3[C@H]2[C@@H]4O)cc1)c1ccccc1. The van der Waals surface area contributed by atoms with E-state index in [1.807, 2.05) is 44.2 Å². The molecule has 2 aromatic rings. The smallest absolute Gasteiger partial charge is 0.251 e. The fourth-order valence-electron chi connectivity index (χ4n) is 5.83. The summed E-state index contributed by atoms with van der Waals surface area (Å²) in [7, 11) is -3.71. The number of carbonyl (C=O) groups excluding carboxylic acids is 1. The van der Waals surface area contributed by atoms with Crippen molar-refractivity contribution >= 4 is 15.9 Å². The average Bonchev–Trinajstić information content (AvgIpc) is 3.38. The van der Waals surface area contributed by atoms with E-state index >= 15 is 0 Å².